The predicted molar refractivity (Wildman–Crippen MR) is 83.5 cm³/mol. The Morgan fingerprint density at radius 1 is 1.24 bits per heavy atom. The van der Waals surface area contributed by atoms with E-state index in [1.54, 1.807) is 6.92 Å². The van der Waals surface area contributed by atoms with Crippen LogP contribution in [0.3, 0.4) is 0 Å². The molecule has 1 aromatic rings. The second kappa shape index (κ2) is 7.78. The van der Waals surface area contributed by atoms with Gasteiger partial charge in [-0.05, 0) is 43.7 Å². The van der Waals surface area contributed by atoms with E-state index in [0.717, 1.165) is 16.8 Å². The molecule has 0 saturated heterocycles. The van der Waals surface area contributed by atoms with Gasteiger partial charge in [-0.2, -0.15) is 0 Å². The molecule has 0 spiro atoms. The van der Waals surface area contributed by atoms with E-state index < -0.39 is 11.9 Å². The lowest BCUT2D eigenvalue weighted by atomic mass is 10.1. The van der Waals surface area contributed by atoms with E-state index in [1.165, 1.54) is 0 Å². The first-order valence-electron chi connectivity index (χ1n) is 7.15. The summed E-state index contributed by atoms with van der Waals surface area (Å²) in [6, 6.07) is 5.88. The fraction of sp³-hybridized carbons (Fsp3) is 0.500. The Kier molecular flexibility index (Phi) is 6.37. The summed E-state index contributed by atoms with van der Waals surface area (Å²) in [4.78, 5) is 24.8. The minimum absolute atomic E-state index is 0.126. The Hall–Kier alpha value is -1.88. The molecule has 1 amide bonds. The maximum atomic E-state index is 12.1. The lowest BCUT2D eigenvalue weighted by Crippen LogP contribution is -2.37. The van der Waals surface area contributed by atoms with Gasteiger partial charge >= 0.3 is 5.97 Å². The highest BCUT2D eigenvalue weighted by Gasteiger charge is 2.17. The summed E-state index contributed by atoms with van der Waals surface area (Å²) in [5.74, 6) is -1.46. The molecule has 2 N–H and O–H groups in total. The van der Waals surface area contributed by atoms with Crippen LogP contribution in [0.1, 0.15) is 25.0 Å². The molecule has 1 unspecified atom stereocenters. The molecule has 1 rings (SSSR count). The number of benzene rings is 1. The third-order valence-corrected chi connectivity index (χ3v) is 3.27. The fourth-order valence-electron chi connectivity index (χ4n) is 2.22. The molecule has 5 heteroatoms. The number of aryl methyl sites for hydroxylation is 2. The van der Waals surface area contributed by atoms with Gasteiger partial charge in [-0.1, -0.05) is 19.9 Å². The first-order chi connectivity index (χ1) is 9.81. The van der Waals surface area contributed by atoms with Crippen molar-refractivity contribution < 1.29 is 14.7 Å². The standard InChI is InChI=1S/C16H24N2O3/c1-5-18(9-13(4)16(20)21)10-15(19)17-14-7-11(2)6-12(3)8-14/h6-8,13H,5,9-10H2,1-4H3,(H,17,19)(H,20,21). The van der Waals surface area contributed by atoms with Crippen LogP contribution in [0.5, 0.6) is 0 Å². The smallest absolute Gasteiger partial charge is 0.307 e. The van der Waals surface area contributed by atoms with E-state index >= 15 is 0 Å². The Bertz CT molecular complexity index is 494. The molecule has 0 aliphatic heterocycles. The van der Waals surface area contributed by atoms with Crippen molar-refractivity contribution >= 4 is 17.6 Å². The number of carboxylic acid groups (broad SMARTS) is 1. The Balaban J connectivity index is 2.60. The van der Waals surface area contributed by atoms with Crippen molar-refractivity contribution in [3.8, 4) is 0 Å². The van der Waals surface area contributed by atoms with Crippen LogP contribution in [0, 0.1) is 19.8 Å². The number of carboxylic acids is 1. The summed E-state index contributed by atoms with van der Waals surface area (Å²) in [6.07, 6.45) is 0. The van der Waals surface area contributed by atoms with Gasteiger partial charge in [-0.15, -0.1) is 0 Å². The van der Waals surface area contributed by atoms with Gasteiger partial charge in [0, 0.05) is 12.2 Å². The van der Waals surface area contributed by atoms with Gasteiger partial charge in [0.05, 0.1) is 12.5 Å². The van der Waals surface area contributed by atoms with E-state index in [-0.39, 0.29) is 12.5 Å². The highest BCUT2D eigenvalue weighted by atomic mass is 16.4. The quantitative estimate of drug-likeness (QED) is 0.809. The van der Waals surface area contributed by atoms with Crippen LogP contribution < -0.4 is 5.32 Å². The normalized spacial score (nSPS) is 12.2. The van der Waals surface area contributed by atoms with E-state index in [2.05, 4.69) is 5.32 Å². The Morgan fingerprint density at radius 3 is 2.29 bits per heavy atom. The van der Waals surface area contributed by atoms with E-state index in [4.69, 9.17) is 5.11 Å². The molecular weight excluding hydrogens is 268 g/mol. The van der Waals surface area contributed by atoms with Gasteiger partial charge in [-0.3, -0.25) is 14.5 Å². The minimum Gasteiger partial charge on any atom is -0.481 e. The molecule has 21 heavy (non-hydrogen) atoms. The van der Waals surface area contributed by atoms with Crippen molar-refractivity contribution in [1.29, 1.82) is 0 Å². The second-order valence-corrected chi connectivity index (χ2v) is 5.49. The maximum Gasteiger partial charge on any atom is 0.307 e. The van der Waals surface area contributed by atoms with Crippen LogP contribution in [0.25, 0.3) is 0 Å². The first-order valence-corrected chi connectivity index (χ1v) is 7.15. The van der Waals surface area contributed by atoms with Crippen LogP contribution in [-0.2, 0) is 9.59 Å². The summed E-state index contributed by atoms with van der Waals surface area (Å²) < 4.78 is 0. The predicted octanol–water partition coefficient (Wildman–Crippen LogP) is 2.28. The molecule has 0 bridgehead atoms. The molecule has 0 heterocycles. The molecule has 0 aromatic heterocycles. The second-order valence-electron chi connectivity index (χ2n) is 5.49. The van der Waals surface area contributed by atoms with Gasteiger partial charge in [0.1, 0.15) is 0 Å². The number of rotatable bonds is 7. The van der Waals surface area contributed by atoms with Crippen molar-refractivity contribution in [2.45, 2.75) is 27.7 Å². The van der Waals surface area contributed by atoms with Crippen LogP contribution in [0.15, 0.2) is 18.2 Å². The van der Waals surface area contributed by atoms with E-state index in [0.29, 0.717) is 13.1 Å². The summed E-state index contributed by atoms with van der Waals surface area (Å²) in [6.45, 7) is 8.72. The number of nitrogens with one attached hydrogen (secondary N) is 1. The number of hydrogen-bond donors (Lipinski definition) is 2. The highest BCUT2D eigenvalue weighted by Crippen LogP contribution is 2.13. The molecule has 0 fully saturated rings. The van der Waals surface area contributed by atoms with Crippen molar-refractivity contribution in [2.75, 3.05) is 25.0 Å². The lowest BCUT2D eigenvalue weighted by molar-refractivity contribution is -0.142. The summed E-state index contributed by atoms with van der Waals surface area (Å²) in [5.41, 5.74) is 2.97. The van der Waals surface area contributed by atoms with E-state index in [9.17, 15) is 9.59 Å². The number of anilines is 1. The van der Waals surface area contributed by atoms with Crippen LogP contribution >= 0.6 is 0 Å². The molecule has 0 aliphatic carbocycles. The molecule has 1 aromatic carbocycles. The van der Waals surface area contributed by atoms with Crippen molar-refractivity contribution in [3.05, 3.63) is 29.3 Å². The zero-order valence-corrected chi connectivity index (χ0v) is 13.1. The van der Waals surface area contributed by atoms with Gasteiger partial charge in [-0.25, -0.2) is 0 Å². The number of amides is 1. The summed E-state index contributed by atoms with van der Waals surface area (Å²) in [5, 5.41) is 11.8. The monoisotopic (exact) mass is 292 g/mol. The molecule has 0 radical (unpaired) electrons. The van der Waals surface area contributed by atoms with Gasteiger partial charge in [0.25, 0.3) is 0 Å². The maximum absolute atomic E-state index is 12.1. The van der Waals surface area contributed by atoms with Crippen LogP contribution in [0.2, 0.25) is 0 Å². The number of nitrogens with zero attached hydrogens (tertiary/aromatic N) is 1. The Labute approximate surface area is 126 Å². The molecular formula is C16H24N2O3. The van der Waals surface area contributed by atoms with Crippen LogP contribution in [0.4, 0.5) is 5.69 Å². The molecule has 0 saturated carbocycles. The third-order valence-electron chi connectivity index (χ3n) is 3.27. The Morgan fingerprint density at radius 2 is 1.81 bits per heavy atom. The molecule has 1 atom stereocenters. The van der Waals surface area contributed by atoms with E-state index in [1.807, 2.05) is 43.9 Å². The SMILES string of the molecule is CCN(CC(=O)Nc1cc(C)cc(C)c1)CC(C)C(=O)O. The molecule has 5 nitrogen and oxygen atoms in total. The number of hydrogen-bond acceptors (Lipinski definition) is 3. The molecule has 116 valence electrons. The lowest BCUT2D eigenvalue weighted by Gasteiger charge is -2.21. The van der Waals surface area contributed by atoms with Crippen molar-refractivity contribution in [1.82, 2.24) is 4.90 Å². The summed E-state index contributed by atoms with van der Waals surface area (Å²) in [7, 11) is 0. The first kappa shape index (κ1) is 17.2. The number of carbonyl (C=O) groups excluding carboxylic acids is 1. The fourth-order valence-corrected chi connectivity index (χ4v) is 2.22. The zero-order valence-electron chi connectivity index (χ0n) is 13.1. The largest absolute Gasteiger partial charge is 0.481 e. The summed E-state index contributed by atoms with van der Waals surface area (Å²) >= 11 is 0. The van der Waals surface area contributed by atoms with Gasteiger partial charge < -0.3 is 10.4 Å². The molecule has 0 aliphatic rings. The third kappa shape index (κ3) is 5.95. The van der Waals surface area contributed by atoms with Gasteiger partial charge in [0.2, 0.25) is 5.91 Å². The highest BCUT2D eigenvalue weighted by molar-refractivity contribution is 5.92. The topological polar surface area (TPSA) is 69.6 Å². The number of aliphatic carboxylic acids is 1. The van der Waals surface area contributed by atoms with Crippen molar-refractivity contribution in [3.63, 3.8) is 0 Å². The average molecular weight is 292 g/mol. The van der Waals surface area contributed by atoms with Gasteiger partial charge in [0.15, 0.2) is 0 Å². The number of carbonyl (C=O) groups is 2. The zero-order chi connectivity index (χ0) is 16.0. The van der Waals surface area contributed by atoms with Crippen LogP contribution in [-0.4, -0.2) is 41.5 Å². The van der Waals surface area contributed by atoms with Crippen molar-refractivity contribution in [2.24, 2.45) is 5.92 Å². The average Bonchev–Trinajstić information content (AvgIpc) is 2.36. The minimum atomic E-state index is -0.844. The number of likely N-dealkylation sites (N-methyl/N-ethyl adjacent to an activating group) is 1.